The van der Waals surface area contributed by atoms with Gasteiger partial charge in [-0.25, -0.2) is 4.79 Å². The predicted molar refractivity (Wildman–Crippen MR) is 168 cm³/mol. The summed E-state index contributed by atoms with van der Waals surface area (Å²) in [6.07, 6.45) is 11.6. The van der Waals surface area contributed by atoms with E-state index in [9.17, 15) is 32.9 Å². The molecule has 4 aliphatic rings. The third-order valence-corrected chi connectivity index (χ3v) is 11.9. The van der Waals surface area contributed by atoms with E-state index in [-0.39, 0.29) is 31.2 Å². The van der Waals surface area contributed by atoms with Gasteiger partial charge < -0.3 is 20.7 Å². The number of nitrogens with zero attached hydrogens (tertiary/aromatic N) is 2. The first-order valence-corrected chi connectivity index (χ1v) is 18.6. The van der Waals surface area contributed by atoms with Crippen molar-refractivity contribution in [3.63, 3.8) is 0 Å². The molecule has 0 radical (unpaired) electrons. The highest BCUT2D eigenvalue weighted by Crippen LogP contribution is 2.36. The molecule has 0 bridgehead atoms. The maximum atomic E-state index is 14.2. The third kappa shape index (κ3) is 9.10. The molecule has 5 atom stereocenters. The van der Waals surface area contributed by atoms with Crippen molar-refractivity contribution in [3.05, 3.63) is 0 Å². The average molecular weight is 667 g/mol. The topological polar surface area (TPSA) is 196 Å². The molecule has 46 heavy (non-hydrogen) atoms. The first-order chi connectivity index (χ1) is 22.1. The van der Waals surface area contributed by atoms with Gasteiger partial charge in [0.05, 0.1) is 19.7 Å². The van der Waals surface area contributed by atoms with Gasteiger partial charge in [0.15, 0.2) is 0 Å². The summed E-state index contributed by atoms with van der Waals surface area (Å²) in [5, 5.41) is 18.2. The Hall–Kier alpha value is -2.96. The van der Waals surface area contributed by atoms with Gasteiger partial charge in [0.25, 0.3) is 5.91 Å². The minimum Gasteiger partial charge on any atom is -0.452 e. The van der Waals surface area contributed by atoms with Crippen LogP contribution in [-0.2, 0) is 29.3 Å². The van der Waals surface area contributed by atoms with Crippen molar-refractivity contribution in [1.29, 1.82) is 5.26 Å². The fraction of sp³-hybridized carbons (Fsp3) is 0.839. The zero-order valence-corrected chi connectivity index (χ0v) is 27.9. The van der Waals surface area contributed by atoms with Crippen LogP contribution in [0.25, 0.3) is 0 Å². The van der Waals surface area contributed by atoms with Gasteiger partial charge in [-0.2, -0.15) is 9.98 Å². The summed E-state index contributed by atoms with van der Waals surface area (Å²) in [6, 6.07) is -1.47. The van der Waals surface area contributed by atoms with Crippen LogP contribution >= 0.6 is 0 Å². The summed E-state index contributed by atoms with van der Waals surface area (Å²) in [7, 11) is -3.45. The van der Waals surface area contributed by atoms with Gasteiger partial charge in [0.2, 0.25) is 17.9 Å². The Morgan fingerprint density at radius 1 is 0.957 bits per heavy atom. The van der Waals surface area contributed by atoms with Crippen LogP contribution in [0.4, 0.5) is 4.79 Å². The average Bonchev–Trinajstić information content (AvgIpc) is 3.76. The standard InChI is InChI=1S/C31H51N7O7S/c1-45-31(42)37-46(43,44)38(25-11-7-5-3-2-4-6-8-12-25)27(17-19-34-38)30(41)36-26(16-15-22-13-14-22)29(40)35-24(21-32)20-23-10-9-18-33-28(23)39/h22-27,34H,2-20H2,1H3,(H3-,33,35,36,37,39,40,41,42)/p+1/t23-,24-,26-,27?,38?/m0/s1. The lowest BCUT2D eigenvalue weighted by Crippen LogP contribution is -2.73. The quantitative estimate of drug-likeness (QED) is 0.194. The predicted octanol–water partition coefficient (Wildman–Crippen LogP) is 2.17. The van der Waals surface area contributed by atoms with E-state index in [0.29, 0.717) is 44.6 Å². The summed E-state index contributed by atoms with van der Waals surface area (Å²) in [6.45, 7) is 0.811. The molecular formula is C31H52N7O7S+. The molecule has 2 unspecified atom stereocenters. The van der Waals surface area contributed by atoms with E-state index in [4.69, 9.17) is 0 Å². The minimum atomic E-state index is -4.53. The zero-order chi connectivity index (χ0) is 33.2. The van der Waals surface area contributed by atoms with Crippen molar-refractivity contribution in [2.45, 2.75) is 133 Å². The van der Waals surface area contributed by atoms with E-state index in [1.165, 1.54) is 0 Å². The molecule has 5 N–H and O–H groups in total. The molecule has 0 aromatic rings. The summed E-state index contributed by atoms with van der Waals surface area (Å²) in [5.74, 6) is -1.20. The van der Waals surface area contributed by atoms with Crippen LogP contribution in [0.15, 0.2) is 0 Å². The fourth-order valence-corrected chi connectivity index (χ4v) is 9.16. The molecule has 4 fully saturated rings. The Morgan fingerprint density at radius 3 is 2.24 bits per heavy atom. The van der Waals surface area contributed by atoms with Crippen LogP contribution < -0.4 is 26.1 Å². The van der Waals surface area contributed by atoms with Crippen LogP contribution in [0.3, 0.4) is 0 Å². The van der Waals surface area contributed by atoms with E-state index in [1.807, 2.05) is 4.72 Å². The van der Waals surface area contributed by atoms with Gasteiger partial charge in [0.1, 0.15) is 18.1 Å². The molecule has 2 saturated carbocycles. The van der Waals surface area contributed by atoms with E-state index in [1.54, 1.807) is 0 Å². The van der Waals surface area contributed by atoms with Crippen LogP contribution in [-0.4, -0.2) is 80.6 Å². The molecule has 2 saturated heterocycles. The number of methoxy groups -OCH3 is 1. The van der Waals surface area contributed by atoms with Gasteiger partial charge >= 0.3 is 16.3 Å². The number of nitrogens with one attached hydrogen (secondary N) is 5. The maximum Gasteiger partial charge on any atom is 0.424 e. The molecule has 14 nitrogen and oxygen atoms in total. The molecule has 4 amide bonds. The monoisotopic (exact) mass is 666 g/mol. The largest absolute Gasteiger partial charge is 0.452 e. The SMILES string of the molecule is COC(=O)NS(=O)(=O)[N+]1(C2CCCCCCCCC2)NCCC1C(=O)N[C@@H](CCC1CC1)C(=O)N[C@H](C#N)C[C@@H]1CCCNC1=O. The molecule has 2 aliphatic carbocycles. The lowest BCUT2D eigenvalue weighted by atomic mass is 9.92. The van der Waals surface area contributed by atoms with E-state index < -0.39 is 56.3 Å². The second-order valence-electron chi connectivity index (χ2n) is 13.3. The highest BCUT2D eigenvalue weighted by molar-refractivity contribution is 7.84. The number of carbonyl (C=O) groups is 4. The smallest absolute Gasteiger partial charge is 0.424 e. The van der Waals surface area contributed by atoms with E-state index in [2.05, 4.69) is 32.2 Å². The van der Waals surface area contributed by atoms with Gasteiger partial charge in [-0.05, 0) is 50.9 Å². The Balaban J connectivity index is 1.57. The molecule has 258 valence electrons. The second-order valence-corrected chi connectivity index (χ2v) is 15.1. The number of rotatable bonds is 12. The molecule has 4 rings (SSSR count). The third-order valence-electron chi connectivity index (χ3n) is 10.0. The lowest BCUT2D eigenvalue weighted by Gasteiger charge is -2.42. The van der Waals surface area contributed by atoms with Crippen molar-refractivity contribution < 1.29 is 36.3 Å². The summed E-state index contributed by atoms with van der Waals surface area (Å²) >= 11 is 0. The Bertz CT molecular complexity index is 1230. The molecular weight excluding hydrogens is 614 g/mol. The Kier molecular flexibility index (Phi) is 13.1. The number of ether oxygens (including phenoxy) is 1. The van der Waals surface area contributed by atoms with Crippen molar-refractivity contribution in [2.24, 2.45) is 11.8 Å². The van der Waals surface area contributed by atoms with Crippen molar-refractivity contribution in [1.82, 2.24) is 26.1 Å². The van der Waals surface area contributed by atoms with Crippen LogP contribution in [0.5, 0.6) is 0 Å². The number of amides is 4. The van der Waals surface area contributed by atoms with Crippen molar-refractivity contribution in [2.75, 3.05) is 20.2 Å². The number of hydrogen-bond acceptors (Lipinski definition) is 9. The normalized spacial score (nSPS) is 27.7. The summed E-state index contributed by atoms with van der Waals surface area (Å²) in [4.78, 5) is 52.4. The van der Waals surface area contributed by atoms with Crippen molar-refractivity contribution in [3.8, 4) is 6.07 Å². The van der Waals surface area contributed by atoms with Crippen LogP contribution in [0, 0.1) is 23.2 Å². The second kappa shape index (κ2) is 16.7. The number of carbonyl (C=O) groups excluding carboxylic acids is 4. The minimum absolute atomic E-state index is 0.135. The van der Waals surface area contributed by atoms with E-state index in [0.717, 1.165) is 71.3 Å². The molecule has 0 spiro atoms. The Labute approximate surface area is 272 Å². The lowest BCUT2D eigenvalue weighted by molar-refractivity contribution is -0.880. The van der Waals surface area contributed by atoms with Crippen molar-refractivity contribution >= 4 is 34.0 Å². The van der Waals surface area contributed by atoms with Crippen LogP contribution in [0.2, 0.25) is 0 Å². The van der Waals surface area contributed by atoms with Gasteiger partial charge in [0, 0.05) is 31.7 Å². The summed E-state index contributed by atoms with van der Waals surface area (Å²) < 4.78 is 34.1. The number of piperidine rings is 1. The molecule has 2 aliphatic heterocycles. The first-order valence-electron chi connectivity index (χ1n) is 17.1. The number of nitriles is 1. The maximum absolute atomic E-state index is 14.2. The number of quaternary nitrogens is 1. The highest BCUT2D eigenvalue weighted by atomic mass is 32.2. The first kappa shape index (κ1) is 35.9. The molecule has 0 aromatic heterocycles. The van der Waals surface area contributed by atoms with Gasteiger partial charge in [-0.3, -0.25) is 14.4 Å². The highest BCUT2D eigenvalue weighted by Gasteiger charge is 2.61. The fourth-order valence-electron chi connectivity index (χ4n) is 7.32. The molecule has 15 heteroatoms. The molecule has 2 heterocycles. The number of hydrogen-bond donors (Lipinski definition) is 5. The van der Waals surface area contributed by atoms with Gasteiger partial charge in [-0.15, -0.1) is 17.8 Å². The Morgan fingerprint density at radius 2 is 1.63 bits per heavy atom. The van der Waals surface area contributed by atoms with Crippen LogP contribution in [0.1, 0.15) is 109 Å². The van der Waals surface area contributed by atoms with E-state index >= 15 is 0 Å². The summed E-state index contributed by atoms with van der Waals surface area (Å²) in [5.41, 5.74) is 3.12. The zero-order valence-electron chi connectivity index (χ0n) is 27.1. The van der Waals surface area contributed by atoms with Gasteiger partial charge in [-0.1, -0.05) is 44.9 Å². The molecule has 0 aromatic carbocycles.